The lowest BCUT2D eigenvalue weighted by Crippen LogP contribution is -2.47. The quantitative estimate of drug-likeness (QED) is 0.224. The van der Waals surface area contributed by atoms with Gasteiger partial charge in [-0.2, -0.15) is 23.5 Å². The van der Waals surface area contributed by atoms with Gasteiger partial charge in [-0.3, -0.25) is 4.79 Å². The highest BCUT2D eigenvalue weighted by Crippen LogP contribution is 2.32. The zero-order valence-corrected chi connectivity index (χ0v) is 23.4. The smallest absolute Gasteiger partial charge is 0.416 e. The largest absolute Gasteiger partial charge is 0.473 e. The summed E-state index contributed by atoms with van der Waals surface area (Å²) in [4.78, 5) is 13.1. The minimum absolute atomic E-state index is 0.0490. The number of rotatable bonds is 10. The van der Waals surface area contributed by atoms with Crippen molar-refractivity contribution in [3.8, 4) is 23.1 Å². The first-order chi connectivity index (χ1) is 20.8. The molecule has 0 aliphatic heterocycles. The molecule has 0 unspecified atom stereocenters. The molecule has 1 aliphatic carbocycles. The number of halogens is 3. The molecule has 1 heterocycles. The van der Waals surface area contributed by atoms with E-state index in [2.05, 4.69) is 10.4 Å². The van der Waals surface area contributed by atoms with E-state index in [9.17, 15) is 23.2 Å². The van der Waals surface area contributed by atoms with E-state index in [0.29, 0.717) is 17.7 Å². The molecule has 0 saturated heterocycles. The van der Waals surface area contributed by atoms with Gasteiger partial charge in [-0.15, -0.1) is 0 Å². The topological polar surface area (TPSA) is 89.2 Å². The third-order valence-corrected chi connectivity index (χ3v) is 7.42. The highest BCUT2D eigenvalue weighted by molar-refractivity contribution is 5.76. The van der Waals surface area contributed by atoms with Crippen molar-refractivity contribution in [2.45, 2.75) is 63.8 Å². The van der Waals surface area contributed by atoms with Crippen molar-refractivity contribution in [1.29, 1.82) is 5.26 Å². The Bertz CT molecular complexity index is 1560. The molecule has 1 aromatic heterocycles. The summed E-state index contributed by atoms with van der Waals surface area (Å²) in [7, 11) is 0. The number of amides is 1. The number of aromatic nitrogens is 2. The predicted molar refractivity (Wildman–Crippen MR) is 154 cm³/mol. The molecule has 1 fully saturated rings. The second-order valence-corrected chi connectivity index (χ2v) is 10.5. The molecule has 1 saturated carbocycles. The summed E-state index contributed by atoms with van der Waals surface area (Å²) in [6, 6.07) is 25.3. The van der Waals surface area contributed by atoms with Gasteiger partial charge in [0, 0.05) is 6.07 Å². The summed E-state index contributed by atoms with van der Waals surface area (Å²) in [6.07, 6.45) is -0.853. The van der Waals surface area contributed by atoms with E-state index in [-0.39, 0.29) is 42.8 Å². The maximum atomic E-state index is 13.1. The molecule has 5 rings (SSSR count). The molecule has 3 aromatic carbocycles. The third-order valence-electron chi connectivity index (χ3n) is 7.42. The van der Waals surface area contributed by atoms with Crippen molar-refractivity contribution in [1.82, 2.24) is 15.1 Å². The zero-order chi connectivity index (χ0) is 30.2. The monoisotopic (exact) mass is 588 g/mol. The Morgan fingerprint density at radius 3 is 2.44 bits per heavy atom. The first kappa shape index (κ1) is 29.9. The lowest BCUT2D eigenvalue weighted by atomic mass is 9.92. The van der Waals surface area contributed by atoms with Crippen LogP contribution in [0.3, 0.4) is 0 Å². The van der Waals surface area contributed by atoms with Crippen LogP contribution in [0.2, 0.25) is 0 Å². The predicted octanol–water partition coefficient (Wildman–Crippen LogP) is 6.66. The molecule has 222 valence electrons. The van der Waals surface area contributed by atoms with Gasteiger partial charge >= 0.3 is 6.18 Å². The van der Waals surface area contributed by atoms with Crippen molar-refractivity contribution in [2.75, 3.05) is 0 Å². The van der Waals surface area contributed by atoms with Crippen LogP contribution in [0.5, 0.6) is 5.88 Å². The van der Waals surface area contributed by atoms with Gasteiger partial charge in [0.2, 0.25) is 11.8 Å². The molecule has 0 spiro atoms. The van der Waals surface area contributed by atoms with E-state index < -0.39 is 11.7 Å². The van der Waals surface area contributed by atoms with Crippen LogP contribution >= 0.6 is 0 Å². The summed E-state index contributed by atoms with van der Waals surface area (Å²) in [5, 5.41) is 16.7. The Morgan fingerprint density at radius 1 is 0.977 bits per heavy atom. The number of nitrogens with zero attached hydrogens (tertiary/aromatic N) is 3. The van der Waals surface area contributed by atoms with Crippen molar-refractivity contribution in [3.05, 3.63) is 107 Å². The number of hydrogen-bond acceptors (Lipinski definition) is 5. The molecule has 43 heavy (non-hydrogen) atoms. The molecule has 4 aromatic rings. The molecule has 0 radical (unpaired) electrons. The van der Waals surface area contributed by atoms with Crippen LogP contribution < -0.4 is 10.1 Å². The Kier molecular flexibility index (Phi) is 9.42. The number of hydrogen-bond donors (Lipinski definition) is 1. The number of nitrogens with one attached hydrogen (secondary N) is 1. The van der Waals surface area contributed by atoms with Gasteiger partial charge in [-0.25, -0.2) is 4.68 Å². The van der Waals surface area contributed by atoms with Crippen LogP contribution in [0, 0.1) is 11.3 Å². The van der Waals surface area contributed by atoms with Crippen LogP contribution in [-0.4, -0.2) is 27.8 Å². The molecule has 2 atom stereocenters. The van der Waals surface area contributed by atoms with E-state index in [1.54, 1.807) is 18.2 Å². The second-order valence-electron chi connectivity index (χ2n) is 10.5. The fraction of sp³-hybridized carbons (Fsp3) is 0.303. The highest BCUT2D eigenvalue weighted by Gasteiger charge is 2.30. The summed E-state index contributed by atoms with van der Waals surface area (Å²) in [5.41, 5.74) is 2.48. The molecule has 0 bridgehead atoms. The van der Waals surface area contributed by atoms with Crippen LogP contribution in [0.1, 0.15) is 48.1 Å². The van der Waals surface area contributed by atoms with Gasteiger partial charge in [0.15, 0.2) is 5.69 Å². The van der Waals surface area contributed by atoms with Crippen LogP contribution in [0.15, 0.2) is 84.9 Å². The van der Waals surface area contributed by atoms with Crippen molar-refractivity contribution < 1.29 is 27.4 Å². The maximum Gasteiger partial charge on any atom is 0.416 e. The van der Waals surface area contributed by atoms with E-state index in [1.807, 2.05) is 42.5 Å². The van der Waals surface area contributed by atoms with Crippen molar-refractivity contribution >= 4 is 5.91 Å². The average Bonchev–Trinajstić information content (AvgIpc) is 3.41. The number of carbonyl (C=O) groups is 1. The zero-order valence-electron chi connectivity index (χ0n) is 23.4. The fourth-order valence-electron chi connectivity index (χ4n) is 5.23. The molecule has 7 nitrogen and oxygen atoms in total. The number of benzene rings is 3. The maximum absolute atomic E-state index is 13.1. The molecule has 1 amide bonds. The van der Waals surface area contributed by atoms with E-state index in [1.165, 1.54) is 22.9 Å². The van der Waals surface area contributed by atoms with E-state index >= 15 is 0 Å². The Morgan fingerprint density at radius 2 is 1.70 bits per heavy atom. The SMILES string of the molecule is N#Cc1cc(OCc2ccccc2-c2ccc(C(F)(F)F)cc2)n(CC(=O)N[C@@H]2CCCC[C@@H]2OCc2ccccc2)n1. The average molecular weight is 589 g/mol. The Hall–Kier alpha value is -4.62. The van der Waals surface area contributed by atoms with Gasteiger partial charge < -0.3 is 14.8 Å². The summed E-state index contributed by atoms with van der Waals surface area (Å²) in [5.74, 6) is -0.0442. The number of carbonyl (C=O) groups excluding carboxylic acids is 1. The van der Waals surface area contributed by atoms with Gasteiger partial charge in [0.1, 0.15) is 19.2 Å². The molecule has 10 heteroatoms. The van der Waals surface area contributed by atoms with Gasteiger partial charge in [-0.05, 0) is 47.2 Å². The molecule has 1 N–H and O–H groups in total. The number of alkyl halides is 3. The normalized spacial score (nSPS) is 16.8. The van der Waals surface area contributed by atoms with E-state index in [0.717, 1.165) is 48.9 Å². The minimum atomic E-state index is -4.42. The van der Waals surface area contributed by atoms with Gasteiger partial charge in [0.05, 0.1) is 24.3 Å². The third kappa shape index (κ3) is 7.81. The van der Waals surface area contributed by atoms with Crippen molar-refractivity contribution in [2.24, 2.45) is 0 Å². The number of ether oxygens (including phenoxy) is 2. The van der Waals surface area contributed by atoms with Crippen LogP contribution in [0.4, 0.5) is 13.2 Å². The van der Waals surface area contributed by atoms with E-state index in [4.69, 9.17) is 9.47 Å². The van der Waals surface area contributed by atoms with Gasteiger partial charge in [0.25, 0.3) is 0 Å². The lowest BCUT2D eigenvalue weighted by Gasteiger charge is -2.32. The minimum Gasteiger partial charge on any atom is -0.473 e. The molecular formula is C33H31F3N4O3. The molecule has 1 aliphatic rings. The summed E-state index contributed by atoms with van der Waals surface area (Å²) in [6.45, 7) is 0.362. The standard InChI is InChI=1S/C33H31F3N4O3/c34-33(35,36)26-16-14-24(15-17-26)28-11-5-4-10-25(28)22-43-32-18-27(19-37)39-40(32)20-31(41)38-29-12-6-7-13-30(29)42-21-23-8-2-1-3-9-23/h1-5,8-11,14-18,29-30H,6-7,12-13,20-22H2,(H,38,41)/t29-,30+/m1/s1. The first-order valence-electron chi connectivity index (χ1n) is 14.1. The summed E-state index contributed by atoms with van der Waals surface area (Å²) >= 11 is 0. The Labute approximate surface area is 247 Å². The second kappa shape index (κ2) is 13.6. The van der Waals surface area contributed by atoms with Crippen molar-refractivity contribution in [3.63, 3.8) is 0 Å². The number of nitriles is 1. The fourth-order valence-corrected chi connectivity index (χ4v) is 5.23. The lowest BCUT2D eigenvalue weighted by molar-refractivity contribution is -0.137. The first-order valence-corrected chi connectivity index (χ1v) is 14.1. The van der Waals surface area contributed by atoms with Crippen LogP contribution in [0.25, 0.3) is 11.1 Å². The highest BCUT2D eigenvalue weighted by atomic mass is 19.4. The van der Waals surface area contributed by atoms with Gasteiger partial charge in [-0.1, -0.05) is 79.6 Å². The van der Waals surface area contributed by atoms with Crippen LogP contribution in [-0.2, 0) is 35.5 Å². The summed E-state index contributed by atoms with van der Waals surface area (Å²) < 4.78 is 52.6. The Balaban J connectivity index is 1.24. The molecular weight excluding hydrogens is 557 g/mol.